The average molecular weight is 202 g/mol. The highest BCUT2D eigenvalue weighted by molar-refractivity contribution is 5.64. The number of halogens is 1. The zero-order valence-corrected chi connectivity index (χ0v) is 8.19. The molecule has 2 aromatic carbocycles. The fourth-order valence-corrected chi connectivity index (χ4v) is 1.46. The molecular formula is C13H11FO. The first-order valence-electron chi connectivity index (χ1n) is 4.74. The third-order valence-electron chi connectivity index (χ3n) is 2.16. The molecule has 0 N–H and O–H groups in total. The van der Waals surface area contributed by atoms with Crippen molar-refractivity contribution in [2.75, 3.05) is 6.86 Å². The van der Waals surface area contributed by atoms with Gasteiger partial charge < -0.3 is 4.74 Å². The van der Waals surface area contributed by atoms with E-state index in [1.54, 1.807) is 6.07 Å². The van der Waals surface area contributed by atoms with Crippen molar-refractivity contribution < 1.29 is 9.13 Å². The monoisotopic (exact) mass is 202 g/mol. The van der Waals surface area contributed by atoms with E-state index >= 15 is 0 Å². The quantitative estimate of drug-likeness (QED) is 0.738. The van der Waals surface area contributed by atoms with Crippen molar-refractivity contribution in [1.29, 1.82) is 0 Å². The van der Waals surface area contributed by atoms with Crippen LogP contribution in [-0.4, -0.2) is 6.86 Å². The van der Waals surface area contributed by atoms with Crippen LogP contribution < -0.4 is 4.74 Å². The molecule has 2 rings (SSSR count). The number of hydrogen-bond donors (Lipinski definition) is 0. The molecule has 76 valence electrons. The van der Waals surface area contributed by atoms with E-state index in [-0.39, 0.29) is 0 Å². The standard InChI is InChI=1S/C13H11FO/c14-10-15-13-8-4-7-12(9-13)11-5-2-1-3-6-11/h1-9H,10H2. The van der Waals surface area contributed by atoms with Gasteiger partial charge in [0.25, 0.3) is 0 Å². The highest BCUT2D eigenvalue weighted by Gasteiger charge is 1.98. The van der Waals surface area contributed by atoms with Crippen molar-refractivity contribution in [2.24, 2.45) is 0 Å². The second-order valence-corrected chi connectivity index (χ2v) is 3.15. The summed E-state index contributed by atoms with van der Waals surface area (Å²) in [5.41, 5.74) is 2.13. The summed E-state index contributed by atoms with van der Waals surface area (Å²) in [5, 5.41) is 0. The van der Waals surface area contributed by atoms with Crippen LogP contribution in [0.2, 0.25) is 0 Å². The molecule has 0 aliphatic heterocycles. The normalized spacial score (nSPS) is 9.93. The molecule has 1 nitrogen and oxygen atoms in total. The maximum Gasteiger partial charge on any atom is 0.228 e. The van der Waals surface area contributed by atoms with Gasteiger partial charge in [-0.2, -0.15) is 0 Å². The topological polar surface area (TPSA) is 9.23 Å². The highest BCUT2D eigenvalue weighted by Crippen LogP contribution is 2.23. The van der Waals surface area contributed by atoms with Crippen molar-refractivity contribution >= 4 is 0 Å². The lowest BCUT2D eigenvalue weighted by Gasteiger charge is -2.04. The summed E-state index contributed by atoms with van der Waals surface area (Å²) in [6, 6.07) is 17.3. The fourth-order valence-electron chi connectivity index (χ4n) is 1.46. The zero-order chi connectivity index (χ0) is 10.5. The van der Waals surface area contributed by atoms with Crippen molar-refractivity contribution in [3.05, 3.63) is 54.6 Å². The largest absolute Gasteiger partial charge is 0.463 e. The summed E-state index contributed by atoms with van der Waals surface area (Å²) in [6.45, 7) is -0.793. The fraction of sp³-hybridized carbons (Fsp3) is 0.0769. The van der Waals surface area contributed by atoms with Gasteiger partial charge in [0, 0.05) is 0 Å². The van der Waals surface area contributed by atoms with Gasteiger partial charge >= 0.3 is 0 Å². The minimum Gasteiger partial charge on any atom is -0.463 e. The van der Waals surface area contributed by atoms with Gasteiger partial charge in [-0.3, -0.25) is 0 Å². The molecule has 0 radical (unpaired) electrons. The average Bonchev–Trinajstić information content (AvgIpc) is 2.31. The van der Waals surface area contributed by atoms with Crippen LogP contribution in [0.3, 0.4) is 0 Å². The van der Waals surface area contributed by atoms with Gasteiger partial charge in [-0.15, -0.1) is 0 Å². The van der Waals surface area contributed by atoms with E-state index in [0.29, 0.717) is 5.75 Å². The SMILES string of the molecule is FCOc1cccc(-c2ccccc2)c1. The third-order valence-corrected chi connectivity index (χ3v) is 2.16. The molecule has 2 heteroatoms. The van der Waals surface area contributed by atoms with Crippen LogP contribution in [0.1, 0.15) is 0 Å². The Kier molecular flexibility index (Phi) is 2.98. The summed E-state index contributed by atoms with van der Waals surface area (Å²) < 4.78 is 16.8. The number of alkyl halides is 1. The van der Waals surface area contributed by atoms with Gasteiger partial charge in [0.15, 0.2) is 0 Å². The zero-order valence-electron chi connectivity index (χ0n) is 8.19. The highest BCUT2D eigenvalue weighted by atomic mass is 19.1. The molecule has 0 fully saturated rings. The van der Waals surface area contributed by atoms with Crippen LogP contribution in [0.25, 0.3) is 11.1 Å². The Labute approximate surface area is 88.1 Å². The summed E-state index contributed by atoms with van der Waals surface area (Å²) in [4.78, 5) is 0. The predicted octanol–water partition coefficient (Wildman–Crippen LogP) is 3.66. The van der Waals surface area contributed by atoms with E-state index in [4.69, 9.17) is 4.74 Å². The van der Waals surface area contributed by atoms with Gasteiger partial charge in [-0.05, 0) is 23.3 Å². The first-order chi connectivity index (χ1) is 7.40. The van der Waals surface area contributed by atoms with E-state index in [1.807, 2.05) is 48.5 Å². The molecule has 0 aliphatic rings. The minimum atomic E-state index is -0.793. The van der Waals surface area contributed by atoms with Gasteiger partial charge in [0.1, 0.15) is 5.75 Å². The van der Waals surface area contributed by atoms with Gasteiger partial charge in [-0.25, -0.2) is 4.39 Å². The maximum atomic E-state index is 12.0. The molecule has 2 aromatic rings. The number of benzene rings is 2. The Morgan fingerprint density at radius 2 is 1.60 bits per heavy atom. The molecule has 0 bridgehead atoms. The first-order valence-corrected chi connectivity index (χ1v) is 4.74. The van der Waals surface area contributed by atoms with Crippen LogP contribution in [0.4, 0.5) is 4.39 Å². The molecule has 0 unspecified atom stereocenters. The molecule has 0 atom stereocenters. The number of rotatable bonds is 3. The van der Waals surface area contributed by atoms with E-state index in [0.717, 1.165) is 11.1 Å². The molecule has 0 aliphatic carbocycles. The van der Waals surface area contributed by atoms with E-state index in [2.05, 4.69) is 0 Å². The van der Waals surface area contributed by atoms with E-state index < -0.39 is 6.86 Å². The smallest absolute Gasteiger partial charge is 0.228 e. The Morgan fingerprint density at radius 3 is 2.33 bits per heavy atom. The number of ether oxygens (including phenoxy) is 1. The van der Waals surface area contributed by atoms with Crippen molar-refractivity contribution in [1.82, 2.24) is 0 Å². The van der Waals surface area contributed by atoms with Crippen molar-refractivity contribution in [2.45, 2.75) is 0 Å². The van der Waals surface area contributed by atoms with Crippen LogP contribution in [0, 0.1) is 0 Å². The maximum absolute atomic E-state index is 12.0. The van der Waals surface area contributed by atoms with Gasteiger partial charge in [-0.1, -0.05) is 42.5 Å². The minimum absolute atomic E-state index is 0.554. The Balaban J connectivity index is 2.33. The summed E-state index contributed by atoms with van der Waals surface area (Å²) in [5.74, 6) is 0.554. The molecule has 0 saturated carbocycles. The van der Waals surface area contributed by atoms with Crippen LogP contribution in [0.5, 0.6) is 5.75 Å². The first kappa shape index (κ1) is 9.71. The van der Waals surface area contributed by atoms with E-state index in [9.17, 15) is 4.39 Å². The van der Waals surface area contributed by atoms with Gasteiger partial charge in [0.05, 0.1) is 0 Å². The summed E-state index contributed by atoms with van der Waals surface area (Å²) >= 11 is 0. The molecule has 0 aromatic heterocycles. The Morgan fingerprint density at radius 1 is 0.867 bits per heavy atom. The summed E-state index contributed by atoms with van der Waals surface area (Å²) in [6.07, 6.45) is 0. The third kappa shape index (κ3) is 2.34. The molecular weight excluding hydrogens is 191 g/mol. The van der Waals surface area contributed by atoms with Crippen molar-refractivity contribution in [3.8, 4) is 16.9 Å². The van der Waals surface area contributed by atoms with E-state index in [1.165, 1.54) is 0 Å². The van der Waals surface area contributed by atoms with Crippen LogP contribution >= 0.6 is 0 Å². The van der Waals surface area contributed by atoms with Gasteiger partial charge in [0.2, 0.25) is 6.86 Å². The second kappa shape index (κ2) is 4.60. The lowest BCUT2D eigenvalue weighted by atomic mass is 10.1. The second-order valence-electron chi connectivity index (χ2n) is 3.15. The van der Waals surface area contributed by atoms with Crippen molar-refractivity contribution in [3.63, 3.8) is 0 Å². The Bertz CT molecular complexity index is 426. The lowest BCUT2D eigenvalue weighted by Crippen LogP contribution is -1.89. The van der Waals surface area contributed by atoms with Crippen LogP contribution in [0.15, 0.2) is 54.6 Å². The lowest BCUT2D eigenvalue weighted by molar-refractivity contribution is 0.192. The molecule has 0 heterocycles. The molecule has 15 heavy (non-hydrogen) atoms. The predicted molar refractivity (Wildman–Crippen MR) is 58.5 cm³/mol. The molecule has 0 saturated heterocycles. The molecule has 0 spiro atoms. The summed E-state index contributed by atoms with van der Waals surface area (Å²) in [7, 11) is 0. The van der Waals surface area contributed by atoms with Crippen LogP contribution in [-0.2, 0) is 0 Å². The molecule has 0 amide bonds. The number of hydrogen-bond acceptors (Lipinski definition) is 1. The Hall–Kier alpha value is -1.83.